The van der Waals surface area contributed by atoms with Crippen LogP contribution in [0.2, 0.25) is 0 Å². The quantitative estimate of drug-likeness (QED) is 0.469. The molecule has 1 saturated heterocycles. The second-order valence-corrected chi connectivity index (χ2v) is 8.58. The van der Waals surface area contributed by atoms with Gasteiger partial charge in [0.1, 0.15) is 0 Å². The molecule has 4 amide bonds. The molecule has 0 bridgehead atoms. The van der Waals surface area contributed by atoms with E-state index in [0.29, 0.717) is 5.56 Å². The van der Waals surface area contributed by atoms with Crippen molar-refractivity contribution >= 4 is 29.5 Å². The molecular formula is C25H29N3O5. The summed E-state index contributed by atoms with van der Waals surface area (Å²) in [6.45, 7) is 7.82. The third kappa shape index (κ3) is 5.77. The fourth-order valence-corrected chi connectivity index (χ4v) is 3.68. The van der Waals surface area contributed by atoms with Gasteiger partial charge in [-0.3, -0.25) is 14.5 Å². The average Bonchev–Trinajstić information content (AvgIpc) is 3.09. The summed E-state index contributed by atoms with van der Waals surface area (Å²) < 4.78 is 5.22. The Hall–Kier alpha value is -3.68. The molecule has 3 rings (SSSR count). The molecule has 0 aromatic heterocycles. The Labute approximate surface area is 193 Å². The van der Waals surface area contributed by atoms with E-state index < -0.39 is 24.5 Å². The molecule has 1 aliphatic rings. The summed E-state index contributed by atoms with van der Waals surface area (Å²) in [6.07, 6.45) is 0. The maximum absolute atomic E-state index is 12.6. The van der Waals surface area contributed by atoms with Crippen molar-refractivity contribution in [3.63, 3.8) is 0 Å². The first-order valence-corrected chi connectivity index (χ1v) is 10.9. The summed E-state index contributed by atoms with van der Waals surface area (Å²) in [5.74, 6) is -0.978. The summed E-state index contributed by atoms with van der Waals surface area (Å²) in [4.78, 5) is 49.7. The van der Waals surface area contributed by atoms with Crippen LogP contribution in [0.15, 0.2) is 42.5 Å². The van der Waals surface area contributed by atoms with E-state index in [4.69, 9.17) is 4.74 Å². The minimum atomic E-state index is -0.662. The van der Waals surface area contributed by atoms with E-state index in [1.54, 1.807) is 24.3 Å². The summed E-state index contributed by atoms with van der Waals surface area (Å²) in [6, 6.07) is 11.9. The summed E-state index contributed by atoms with van der Waals surface area (Å²) in [5.41, 5.74) is 3.65. The first kappa shape index (κ1) is 24.0. The molecule has 0 saturated carbocycles. The average molecular weight is 452 g/mol. The Morgan fingerprint density at radius 2 is 1.67 bits per heavy atom. The second kappa shape index (κ2) is 10.3. The zero-order valence-corrected chi connectivity index (χ0v) is 19.3. The number of hydrogen-bond acceptors (Lipinski definition) is 5. The van der Waals surface area contributed by atoms with Gasteiger partial charge < -0.3 is 15.4 Å². The van der Waals surface area contributed by atoms with Crippen LogP contribution in [0.25, 0.3) is 0 Å². The van der Waals surface area contributed by atoms with Crippen molar-refractivity contribution in [1.82, 2.24) is 10.2 Å². The number of carbonyl (C=O) groups excluding carboxylic acids is 4. The molecule has 0 radical (unpaired) electrons. The number of benzene rings is 2. The van der Waals surface area contributed by atoms with Gasteiger partial charge in [0.05, 0.1) is 18.7 Å². The van der Waals surface area contributed by atoms with Crippen LogP contribution in [-0.4, -0.2) is 41.9 Å². The molecule has 2 aromatic rings. The first-order valence-electron chi connectivity index (χ1n) is 10.9. The number of amides is 4. The largest absolute Gasteiger partial charge is 0.452 e. The smallest absolute Gasteiger partial charge is 0.338 e. The second-order valence-electron chi connectivity index (χ2n) is 8.58. The molecule has 1 fully saturated rings. The highest BCUT2D eigenvalue weighted by atomic mass is 16.5. The third-order valence-corrected chi connectivity index (χ3v) is 5.41. The van der Waals surface area contributed by atoms with Crippen molar-refractivity contribution in [3.8, 4) is 0 Å². The number of rotatable bonds is 8. The van der Waals surface area contributed by atoms with Crippen LogP contribution >= 0.6 is 0 Å². The van der Waals surface area contributed by atoms with Crippen LogP contribution in [0.3, 0.4) is 0 Å². The van der Waals surface area contributed by atoms with Crippen molar-refractivity contribution in [3.05, 3.63) is 64.7 Å². The van der Waals surface area contributed by atoms with E-state index in [1.165, 1.54) is 0 Å². The zero-order chi connectivity index (χ0) is 24.1. The number of ether oxygens (including phenoxy) is 1. The molecule has 0 aliphatic carbocycles. The van der Waals surface area contributed by atoms with Gasteiger partial charge in [-0.1, -0.05) is 58.0 Å². The molecule has 0 unspecified atom stereocenters. The number of nitrogens with one attached hydrogen (secondary N) is 2. The number of carbonyl (C=O) groups is 4. The highest BCUT2D eigenvalue weighted by Crippen LogP contribution is 2.32. The van der Waals surface area contributed by atoms with Crippen molar-refractivity contribution in [2.24, 2.45) is 0 Å². The van der Waals surface area contributed by atoms with Crippen LogP contribution in [0.5, 0.6) is 0 Å². The maximum Gasteiger partial charge on any atom is 0.338 e. The van der Waals surface area contributed by atoms with Gasteiger partial charge in [-0.25, -0.2) is 9.59 Å². The molecular weight excluding hydrogens is 422 g/mol. The zero-order valence-electron chi connectivity index (χ0n) is 19.3. The van der Waals surface area contributed by atoms with Gasteiger partial charge in [-0.05, 0) is 40.7 Å². The van der Waals surface area contributed by atoms with Crippen LogP contribution < -0.4 is 10.6 Å². The van der Waals surface area contributed by atoms with E-state index in [-0.39, 0.29) is 36.4 Å². The van der Waals surface area contributed by atoms with Gasteiger partial charge in [0.25, 0.3) is 5.91 Å². The SMILES string of the molecule is CC(C)c1cccc(C(C)C)c1NC(=O)COC(=O)c1cccc(CN2C(=O)CNC2=O)c1. The predicted molar refractivity (Wildman–Crippen MR) is 124 cm³/mol. The normalized spacial score (nSPS) is 13.5. The lowest BCUT2D eigenvalue weighted by atomic mass is 9.92. The van der Waals surface area contributed by atoms with E-state index >= 15 is 0 Å². The van der Waals surface area contributed by atoms with Crippen LogP contribution in [-0.2, 0) is 20.9 Å². The fraction of sp³-hybridized carbons (Fsp3) is 0.360. The number of esters is 1. The molecule has 0 spiro atoms. The van der Waals surface area contributed by atoms with Crippen LogP contribution in [0, 0.1) is 0 Å². The molecule has 174 valence electrons. The van der Waals surface area contributed by atoms with Crippen molar-refractivity contribution < 1.29 is 23.9 Å². The van der Waals surface area contributed by atoms with E-state index in [0.717, 1.165) is 21.7 Å². The Morgan fingerprint density at radius 1 is 1.03 bits per heavy atom. The number of imide groups is 1. The molecule has 8 nitrogen and oxygen atoms in total. The minimum Gasteiger partial charge on any atom is -0.452 e. The Bertz CT molecular complexity index is 1040. The monoisotopic (exact) mass is 451 g/mol. The number of hydrogen-bond donors (Lipinski definition) is 2. The number of nitrogens with zero attached hydrogens (tertiary/aromatic N) is 1. The first-order chi connectivity index (χ1) is 15.7. The maximum atomic E-state index is 12.6. The van der Waals surface area contributed by atoms with E-state index in [9.17, 15) is 19.2 Å². The van der Waals surface area contributed by atoms with E-state index in [2.05, 4.69) is 38.3 Å². The molecule has 0 atom stereocenters. The van der Waals surface area contributed by atoms with Gasteiger partial charge in [0, 0.05) is 5.69 Å². The predicted octanol–water partition coefficient (Wildman–Crippen LogP) is 3.78. The van der Waals surface area contributed by atoms with Gasteiger partial charge in [-0.2, -0.15) is 0 Å². The van der Waals surface area contributed by atoms with Crippen LogP contribution in [0.4, 0.5) is 10.5 Å². The summed E-state index contributed by atoms with van der Waals surface area (Å²) in [5, 5.41) is 5.37. The van der Waals surface area contributed by atoms with Gasteiger partial charge in [0.2, 0.25) is 5.91 Å². The Kier molecular flexibility index (Phi) is 7.48. The molecule has 2 N–H and O–H groups in total. The van der Waals surface area contributed by atoms with Crippen molar-refractivity contribution in [1.29, 1.82) is 0 Å². The minimum absolute atomic E-state index is 0.0336. The van der Waals surface area contributed by atoms with Crippen molar-refractivity contribution in [2.45, 2.75) is 46.1 Å². The molecule has 33 heavy (non-hydrogen) atoms. The lowest BCUT2D eigenvalue weighted by Gasteiger charge is -2.20. The summed E-state index contributed by atoms with van der Waals surface area (Å²) in [7, 11) is 0. The number of para-hydroxylation sites is 1. The van der Waals surface area contributed by atoms with Gasteiger partial charge in [0.15, 0.2) is 6.61 Å². The lowest BCUT2D eigenvalue weighted by Crippen LogP contribution is -2.30. The van der Waals surface area contributed by atoms with E-state index in [1.807, 2.05) is 18.2 Å². The van der Waals surface area contributed by atoms with Crippen LogP contribution in [0.1, 0.15) is 66.6 Å². The number of anilines is 1. The fourth-order valence-electron chi connectivity index (χ4n) is 3.68. The number of urea groups is 1. The Morgan fingerprint density at radius 3 is 2.24 bits per heavy atom. The topological polar surface area (TPSA) is 105 Å². The standard InChI is InChI=1S/C25H29N3O5/c1-15(2)19-9-6-10-20(16(3)4)23(19)27-21(29)14-33-24(31)18-8-5-7-17(11-18)13-28-22(30)12-26-25(28)32/h5-11,15-16H,12-14H2,1-4H3,(H,26,32)(H,27,29). The third-order valence-electron chi connectivity index (χ3n) is 5.41. The highest BCUT2D eigenvalue weighted by Gasteiger charge is 2.28. The lowest BCUT2D eigenvalue weighted by molar-refractivity contribution is -0.125. The molecule has 2 aromatic carbocycles. The van der Waals surface area contributed by atoms with Gasteiger partial charge in [-0.15, -0.1) is 0 Å². The summed E-state index contributed by atoms with van der Waals surface area (Å²) >= 11 is 0. The Balaban J connectivity index is 1.64. The molecule has 1 heterocycles. The van der Waals surface area contributed by atoms with Gasteiger partial charge >= 0.3 is 12.0 Å². The highest BCUT2D eigenvalue weighted by molar-refractivity contribution is 6.02. The molecule has 8 heteroatoms. The van der Waals surface area contributed by atoms with Crippen molar-refractivity contribution in [2.75, 3.05) is 18.5 Å². The molecule has 1 aliphatic heterocycles.